The summed E-state index contributed by atoms with van der Waals surface area (Å²) in [6.45, 7) is 5.77. The van der Waals surface area contributed by atoms with Crippen LogP contribution in [0.4, 0.5) is 0 Å². The molecule has 0 aliphatic carbocycles. The molecule has 0 bridgehead atoms. The standard InChI is InChI=1S/C17H25NO3/c1-13(2)21-17(20)15-8-6-14(7-9-15)11-18-10-4-3-5-16(18)12-19/h6-9,13,16,19H,3-5,10-12H2,1-2H3/t16-/m1/s1. The van der Waals surface area contributed by atoms with Gasteiger partial charge in [0.15, 0.2) is 0 Å². The van der Waals surface area contributed by atoms with Crippen LogP contribution >= 0.6 is 0 Å². The highest BCUT2D eigenvalue weighted by atomic mass is 16.5. The van der Waals surface area contributed by atoms with Crippen LogP contribution in [0.3, 0.4) is 0 Å². The molecule has 1 atom stereocenters. The fourth-order valence-electron chi connectivity index (χ4n) is 2.74. The van der Waals surface area contributed by atoms with Crippen LogP contribution in [0.5, 0.6) is 0 Å². The third-order valence-corrected chi connectivity index (χ3v) is 3.88. The molecular formula is C17H25NO3. The molecule has 0 aromatic heterocycles. The Bertz CT molecular complexity index is 456. The average molecular weight is 291 g/mol. The summed E-state index contributed by atoms with van der Waals surface area (Å²) < 4.78 is 5.18. The first-order valence-electron chi connectivity index (χ1n) is 7.75. The van der Waals surface area contributed by atoms with Gasteiger partial charge in [-0.2, -0.15) is 0 Å². The molecule has 2 rings (SSSR count). The summed E-state index contributed by atoms with van der Waals surface area (Å²) in [4.78, 5) is 14.1. The fraction of sp³-hybridized carbons (Fsp3) is 0.588. The summed E-state index contributed by atoms with van der Waals surface area (Å²) in [5.41, 5.74) is 1.75. The molecule has 4 nitrogen and oxygen atoms in total. The number of hydrogen-bond donors (Lipinski definition) is 1. The van der Waals surface area contributed by atoms with E-state index < -0.39 is 0 Å². The van der Waals surface area contributed by atoms with Gasteiger partial charge in [-0.3, -0.25) is 4.90 Å². The molecule has 1 N–H and O–H groups in total. The Morgan fingerprint density at radius 2 is 2.05 bits per heavy atom. The van der Waals surface area contributed by atoms with Gasteiger partial charge < -0.3 is 9.84 Å². The van der Waals surface area contributed by atoms with Gasteiger partial charge in [0.25, 0.3) is 0 Å². The molecule has 4 heteroatoms. The Hall–Kier alpha value is -1.39. The largest absolute Gasteiger partial charge is 0.459 e. The highest BCUT2D eigenvalue weighted by Crippen LogP contribution is 2.19. The van der Waals surface area contributed by atoms with E-state index >= 15 is 0 Å². The number of likely N-dealkylation sites (tertiary alicyclic amines) is 1. The van der Waals surface area contributed by atoms with Crippen molar-refractivity contribution in [1.82, 2.24) is 4.90 Å². The number of esters is 1. The van der Waals surface area contributed by atoms with Crippen molar-refractivity contribution in [3.63, 3.8) is 0 Å². The van der Waals surface area contributed by atoms with E-state index in [1.165, 1.54) is 12.8 Å². The number of rotatable bonds is 5. The number of hydrogen-bond acceptors (Lipinski definition) is 4. The van der Waals surface area contributed by atoms with Crippen molar-refractivity contribution in [3.05, 3.63) is 35.4 Å². The molecule has 1 heterocycles. The summed E-state index contributed by atoms with van der Waals surface area (Å²) in [6.07, 6.45) is 3.35. The number of carbonyl (C=O) groups excluding carboxylic acids is 1. The van der Waals surface area contributed by atoms with Gasteiger partial charge in [-0.15, -0.1) is 0 Å². The van der Waals surface area contributed by atoms with Crippen LogP contribution in [0.25, 0.3) is 0 Å². The van der Waals surface area contributed by atoms with E-state index in [0.717, 1.165) is 25.1 Å². The van der Waals surface area contributed by atoms with Crippen molar-refractivity contribution in [2.24, 2.45) is 0 Å². The molecule has 1 aliphatic rings. The summed E-state index contributed by atoms with van der Waals surface area (Å²) in [7, 11) is 0. The van der Waals surface area contributed by atoms with Crippen LogP contribution in [-0.2, 0) is 11.3 Å². The van der Waals surface area contributed by atoms with E-state index in [9.17, 15) is 9.90 Å². The maximum atomic E-state index is 11.8. The lowest BCUT2D eigenvalue weighted by Gasteiger charge is -2.34. The van der Waals surface area contributed by atoms with E-state index in [4.69, 9.17) is 4.74 Å². The first-order chi connectivity index (χ1) is 10.1. The molecule has 1 fully saturated rings. The van der Waals surface area contributed by atoms with E-state index in [1.54, 1.807) is 0 Å². The Labute approximate surface area is 126 Å². The molecule has 0 unspecified atom stereocenters. The van der Waals surface area contributed by atoms with Gasteiger partial charge in [-0.05, 0) is 50.9 Å². The summed E-state index contributed by atoms with van der Waals surface area (Å²) >= 11 is 0. The Balaban J connectivity index is 1.97. The third-order valence-electron chi connectivity index (χ3n) is 3.88. The number of aliphatic hydroxyl groups excluding tert-OH is 1. The fourth-order valence-corrected chi connectivity index (χ4v) is 2.74. The summed E-state index contributed by atoms with van der Waals surface area (Å²) in [5.74, 6) is -0.275. The second kappa shape index (κ2) is 7.57. The van der Waals surface area contributed by atoms with Crippen LogP contribution in [0.1, 0.15) is 49.0 Å². The Kier molecular flexibility index (Phi) is 5.76. The van der Waals surface area contributed by atoms with Gasteiger partial charge >= 0.3 is 5.97 Å². The molecule has 21 heavy (non-hydrogen) atoms. The third kappa shape index (κ3) is 4.55. The highest BCUT2D eigenvalue weighted by molar-refractivity contribution is 5.89. The van der Waals surface area contributed by atoms with Crippen molar-refractivity contribution in [2.45, 2.75) is 51.8 Å². The number of aliphatic hydroxyl groups is 1. The summed E-state index contributed by atoms with van der Waals surface area (Å²) in [6, 6.07) is 7.85. The minimum atomic E-state index is -0.275. The predicted molar refractivity (Wildman–Crippen MR) is 82.1 cm³/mol. The molecule has 0 saturated carbocycles. The van der Waals surface area contributed by atoms with Crippen LogP contribution in [0, 0.1) is 0 Å². The molecule has 0 amide bonds. The number of nitrogens with zero attached hydrogens (tertiary/aromatic N) is 1. The van der Waals surface area contributed by atoms with Gasteiger partial charge in [-0.1, -0.05) is 18.6 Å². The van der Waals surface area contributed by atoms with Crippen molar-refractivity contribution in [1.29, 1.82) is 0 Å². The van der Waals surface area contributed by atoms with E-state index in [0.29, 0.717) is 5.56 Å². The van der Waals surface area contributed by atoms with Crippen molar-refractivity contribution < 1.29 is 14.6 Å². The first-order valence-corrected chi connectivity index (χ1v) is 7.75. The Morgan fingerprint density at radius 3 is 2.67 bits per heavy atom. The molecule has 116 valence electrons. The van der Waals surface area contributed by atoms with E-state index in [1.807, 2.05) is 38.1 Å². The van der Waals surface area contributed by atoms with Gasteiger partial charge in [0.1, 0.15) is 0 Å². The zero-order valence-corrected chi connectivity index (χ0v) is 12.9. The van der Waals surface area contributed by atoms with Crippen LogP contribution in [0.2, 0.25) is 0 Å². The van der Waals surface area contributed by atoms with Crippen LogP contribution < -0.4 is 0 Å². The van der Waals surface area contributed by atoms with Crippen LogP contribution in [0.15, 0.2) is 24.3 Å². The summed E-state index contributed by atoms with van der Waals surface area (Å²) in [5, 5.41) is 9.44. The SMILES string of the molecule is CC(C)OC(=O)c1ccc(CN2CCCC[C@@H]2CO)cc1. The molecule has 0 spiro atoms. The number of benzene rings is 1. The molecule has 1 aliphatic heterocycles. The lowest BCUT2D eigenvalue weighted by atomic mass is 10.0. The predicted octanol–water partition coefficient (Wildman–Crippen LogP) is 2.60. The molecule has 1 saturated heterocycles. The lowest BCUT2D eigenvalue weighted by Crippen LogP contribution is -2.41. The zero-order valence-electron chi connectivity index (χ0n) is 12.9. The number of piperidine rings is 1. The van der Waals surface area contributed by atoms with Crippen molar-refractivity contribution in [2.75, 3.05) is 13.2 Å². The van der Waals surface area contributed by atoms with Gasteiger partial charge in [0.05, 0.1) is 18.3 Å². The second-order valence-electron chi connectivity index (χ2n) is 5.95. The highest BCUT2D eigenvalue weighted by Gasteiger charge is 2.21. The average Bonchev–Trinajstić information content (AvgIpc) is 2.48. The second-order valence-corrected chi connectivity index (χ2v) is 5.95. The van der Waals surface area contributed by atoms with E-state index in [-0.39, 0.29) is 24.7 Å². The quantitative estimate of drug-likeness (QED) is 0.847. The number of ether oxygens (including phenoxy) is 1. The first kappa shape index (κ1) is 16.0. The minimum Gasteiger partial charge on any atom is -0.459 e. The van der Waals surface area contributed by atoms with E-state index in [2.05, 4.69) is 4.90 Å². The monoisotopic (exact) mass is 291 g/mol. The van der Waals surface area contributed by atoms with Gasteiger partial charge in [0.2, 0.25) is 0 Å². The van der Waals surface area contributed by atoms with Crippen molar-refractivity contribution in [3.8, 4) is 0 Å². The maximum absolute atomic E-state index is 11.8. The zero-order chi connectivity index (χ0) is 15.2. The van der Waals surface area contributed by atoms with Crippen molar-refractivity contribution >= 4 is 5.97 Å². The van der Waals surface area contributed by atoms with Gasteiger partial charge in [0, 0.05) is 12.6 Å². The molecule has 1 aromatic rings. The minimum absolute atomic E-state index is 0.101. The molecular weight excluding hydrogens is 266 g/mol. The lowest BCUT2D eigenvalue weighted by molar-refractivity contribution is 0.0378. The van der Waals surface area contributed by atoms with Crippen LogP contribution in [-0.4, -0.2) is 41.3 Å². The maximum Gasteiger partial charge on any atom is 0.338 e. The molecule has 0 radical (unpaired) electrons. The molecule has 1 aromatic carbocycles. The smallest absolute Gasteiger partial charge is 0.338 e. The normalized spacial score (nSPS) is 19.7. The topological polar surface area (TPSA) is 49.8 Å². The Morgan fingerprint density at radius 1 is 1.33 bits per heavy atom. The van der Waals surface area contributed by atoms with Gasteiger partial charge in [-0.25, -0.2) is 4.79 Å². The number of carbonyl (C=O) groups is 1.